The summed E-state index contributed by atoms with van der Waals surface area (Å²) in [5.41, 5.74) is 1.96. The van der Waals surface area contributed by atoms with Gasteiger partial charge in [-0.3, -0.25) is 19.3 Å². The average molecular weight is 344 g/mol. The van der Waals surface area contributed by atoms with Crippen LogP contribution in [0.5, 0.6) is 0 Å². The highest BCUT2D eigenvalue weighted by Gasteiger charge is 2.37. The predicted octanol–water partition coefficient (Wildman–Crippen LogP) is 3.04. The normalized spacial score (nSPS) is 20.1. The van der Waals surface area contributed by atoms with Crippen molar-refractivity contribution in [1.29, 1.82) is 0 Å². The van der Waals surface area contributed by atoms with E-state index in [1.807, 2.05) is 31.2 Å². The fourth-order valence-corrected chi connectivity index (χ4v) is 3.76. The van der Waals surface area contributed by atoms with E-state index in [9.17, 15) is 14.4 Å². The number of hydrogen-bond donors (Lipinski definition) is 0. The minimum atomic E-state index is -0.378. The number of nitrogens with zero attached hydrogens (tertiary/aromatic N) is 2. The summed E-state index contributed by atoms with van der Waals surface area (Å²) in [5.74, 6) is -0.523. The molecule has 2 aliphatic heterocycles. The standard InChI is InChI=1S/C18H20N2O3S/c1-13-6-5-7-14(10-13)11-15-17(22)20(18(23)24-15)12-16(21)19-8-3-2-4-9-19/h5-7,10-11H,2-4,8-9,12H2,1H3/b15-11-. The maximum atomic E-state index is 12.5. The Morgan fingerprint density at radius 1 is 1.21 bits per heavy atom. The molecule has 2 heterocycles. The van der Waals surface area contributed by atoms with Crippen molar-refractivity contribution in [2.24, 2.45) is 0 Å². The molecule has 0 aromatic heterocycles. The van der Waals surface area contributed by atoms with Crippen molar-refractivity contribution in [2.45, 2.75) is 26.2 Å². The molecule has 2 saturated heterocycles. The molecule has 0 radical (unpaired) electrons. The van der Waals surface area contributed by atoms with Crippen LogP contribution in [-0.4, -0.2) is 46.5 Å². The topological polar surface area (TPSA) is 57.7 Å². The fourth-order valence-electron chi connectivity index (χ4n) is 2.93. The zero-order valence-electron chi connectivity index (χ0n) is 13.7. The van der Waals surface area contributed by atoms with Gasteiger partial charge in [-0.2, -0.15) is 0 Å². The summed E-state index contributed by atoms with van der Waals surface area (Å²) in [7, 11) is 0. The number of imide groups is 1. The van der Waals surface area contributed by atoms with Gasteiger partial charge in [0, 0.05) is 13.1 Å². The molecule has 6 heteroatoms. The zero-order valence-corrected chi connectivity index (χ0v) is 14.5. The number of likely N-dealkylation sites (tertiary alicyclic amines) is 1. The minimum Gasteiger partial charge on any atom is -0.341 e. The highest BCUT2D eigenvalue weighted by atomic mass is 32.2. The van der Waals surface area contributed by atoms with Gasteiger partial charge in [0.15, 0.2) is 0 Å². The predicted molar refractivity (Wildman–Crippen MR) is 94.3 cm³/mol. The summed E-state index contributed by atoms with van der Waals surface area (Å²) in [6.07, 6.45) is 4.82. The molecule has 0 N–H and O–H groups in total. The average Bonchev–Trinajstić information content (AvgIpc) is 2.83. The van der Waals surface area contributed by atoms with E-state index in [2.05, 4.69) is 0 Å². The smallest absolute Gasteiger partial charge is 0.294 e. The molecule has 0 bridgehead atoms. The lowest BCUT2D eigenvalue weighted by atomic mass is 10.1. The monoisotopic (exact) mass is 344 g/mol. The number of rotatable bonds is 3. The van der Waals surface area contributed by atoms with Crippen LogP contribution in [-0.2, 0) is 9.59 Å². The SMILES string of the molecule is Cc1cccc(/C=C2\SC(=O)N(CC(=O)N3CCCCC3)C2=O)c1. The van der Waals surface area contributed by atoms with Crippen molar-refractivity contribution in [1.82, 2.24) is 9.80 Å². The number of aryl methyl sites for hydroxylation is 1. The summed E-state index contributed by atoms with van der Waals surface area (Å²) in [6, 6.07) is 7.72. The molecule has 0 aliphatic carbocycles. The van der Waals surface area contributed by atoms with Crippen LogP contribution in [0.4, 0.5) is 4.79 Å². The van der Waals surface area contributed by atoms with Gasteiger partial charge in [0.25, 0.3) is 11.1 Å². The fraction of sp³-hybridized carbons (Fsp3) is 0.389. The van der Waals surface area contributed by atoms with E-state index in [1.54, 1.807) is 11.0 Å². The molecular weight excluding hydrogens is 324 g/mol. The molecule has 5 nitrogen and oxygen atoms in total. The summed E-state index contributed by atoms with van der Waals surface area (Å²) in [6.45, 7) is 3.25. The van der Waals surface area contributed by atoms with Crippen molar-refractivity contribution in [2.75, 3.05) is 19.6 Å². The molecule has 3 amide bonds. The second kappa shape index (κ2) is 7.21. The lowest BCUT2D eigenvalue weighted by molar-refractivity contribution is -0.136. The second-order valence-corrected chi connectivity index (χ2v) is 7.12. The van der Waals surface area contributed by atoms with Gasteiger partial charge in [-0.15, -0.1) is 0 Å². The van der Waals surface area contributed by atoms with E-state index >= 15 is 0 Å². The van der Waals surface area contributed by atoms with E-state index in [-0.39, 0.29) is 23.6 Å². The summed E-state index contributed by atoms with van der Waals surface area (Å²) < 4.78 is 0. The molecule has 3 rings (SSSR count). The lowest BCUT2D eigenvalue weighted by Crippen LogP contribution is -2.44. The summed E-state index contributed by atoms with van der Waals surface area (Å²) in [4.78, 5) is 40.1. The van der Waals surface area contributed by atoms with Crippen LogP contribution < -0.4 is 0 Å². The molecular formula is C18H20N2O3S. The van der Waals surface area contributed by atoms with Gasteiger partial charge in [0.05, 0.1) is 4.91 Å². The Morgan fingerprint density at radius 2 is 1.96 bits per heavy atom. The van der Waals surface area contributed by atoms with Crippen LogP contribution in [0.15, 0.2) is 29.2 Å². The van der Waals surface area contributed by atoms with Gasteiger partial charge in [-0.05, 0) is 49.6 Å². The molecule has 0 unspecified atom stereocenters. The van der Waals surface area contributed by atoms with E-state index in [1.165, 1.54) is 0 Å². The molecule has 0 spiro atoms. The minimum absolute atomic E-state index is 0.145. The number of carbonyl (C=O) groups excluding carboxylic acids is 3. The van der Waals surface area contributed by atoms with Crippen LogP contribution in [0.2, 0.25) is 0 Å². The number of thioether (sulfide) groups is 1. The molecule has 0 saturated carbocycles. The number of piperidine rings is 1. The van der Waals surface area contributed by atoms with Crippen molar-refractivity contribution >= 4 is 34.9 Å². The Morgan fingerprint density at radius 3 is 2.67 bits per heavy atom. The molecule has 24 heavy (non-hydrogen) atoms. The first-order valence-corrected chi connectivity index (χ1v) is 8.96. The maximum Gasteiger partial charge on any atom is 0.294 e. The van der Waals surface area contributed by atoms with Crippen molar-refractivity contribution in [3.63, 3.8) is 0 Å². The van der Waals surface area contributed by atoms with Crippen molar-refractivity contribution in [3.8, 4) is 0 Å². The molecule has 2 aliphatic rings. The third kappa shape index (κ3) is 3.70. The van der Waals surface area contributed by atoms with Gasteiger partial charge in [0.2, 0.25) is 5.91 Å². The van der Waals surface area contributed by atoms with E-state index in [4.69, 9.17) is 0 Å². The Bertz CT molecular complexity index is 708. The van der Waals surface area contributed by atoms with E-state index in [0.717, 1.165) is 47.1 Å². The quantitative estimate of drug-likeness (QED) is 0.791. The van der Waals surface area contributed by atoms with E-state index in [0.29, 0.717) is 18.0 Å². The number of hydrogen-bond acceptors (Lipinski definition) is 4. The van der Waals surface area contributed by atoms with Gasteiger partial charge in [-0.1, -0.05) is 29.8 Å². The van der Waals surface area contributed by atoms with Gasteiger partial charge < -0.3 is 4.90 Å². The Labute approximate surface area is 145 Å². The first kappa shape index (κ1) is 16.8. The lowest BCUT2D eigenvalue weighted by Gasteiger charge is -2.27. The van der Waals surface area contributed by atoms with Gasteiger partial charge in [-0.25, -0.2) is 0 Å². The molecule has 126 valence electrons. The van der Waals surface area contributed by atoms with Crippen molar-refractivity contribution in [3.05, 3.63) is 40.3 Å². The maximum absolute atomic E-state index is 12.5. The number of carbonyl (C=O) groups is 3. The van der Waals surface area contributed by atoms with E-state index < -0.39 is 0 Å². The third-order valence-corrected chi connectivity index (χ3v) is 5.12. The molecule has 1 aromatic carbocycles. The third-order valence-electron chi connectivity index (χ3n) is 4.22. The van der Waals surface area contributed by atoms with Crippen LogP contribution in [0.25, 0.3) is 6.08 Å². The Kier molecular flexibility index (Phi) is 5.04. The van der Waals surface area contributed by atoms with Crippen LogP contribution in [0.3, 0.4) is 0 Å². The molecule has 2 fully saturated rings. The first-order valence-electron chi connectivity index (χ1n) is 8.14. The largest absolute Gasteiger partial charge is 0.341 e. The van der Waals surface area contributed by atoms with Crippen LogP contribution in [0.1, 0.15) is 30.4 Å². The van der Waals surface area contributed by atoms with Gasteiger partial charge >= 0.3 is 0 Å². The highest BCUT2D eigenvalue weighted by Crippen LogP contribution is 2.32. The molecule has 0 atom stereocenters. The number of amides is 3. The zero-order chi connectivity index (χ0) is 17.1. The van der Waals surface area contributed by atoms with Crippen LogP contribution in [0, 0.1) is 6.92 Å². The highest BCUT2D eigenvalue weighted by molar-refractivity contribution is 8.18. The Balaban J connectivity index is 1.71. The summed E-state index contributed by atoms with van der Waals surface area (Å²) in [5, 5.41) is -0.371. The number of benzene rings is 1. The van der Waals surface area contributed by atoms with Crippen LogP contribution >= 0.6 is 11.8 Å². The molecule has 1 aromatic rings. The van der Waals surface area contributed by atoms with Gasteiger partial charge in [0.1, 0.15) is 6.54 Å². The second-order valence-electron chi connectivity index (χ2n) is 6.12. The van der Waals surface area contributed by atoms with Crippen molar-refractivity contribution < 1.29 is 14.4 Å². The summed E-state index contributed by atoms with van der Waals surface area (Å²) >= 11 is 0.899. The Hall–Kier alpha value is -2.08. The first-order chi connectivity index (χ1) is 11.5.